The Morgan fingerprint density at radius 1 is 1.43 bits per heavy atom. The molecule has 0 fully saturated rings. The summed E-state index contributed by atoms with van der Waals surface area (Å²) in [4.78, 5) is 10.8. The second kappa shape index (κ2) is 10.7. The highest BCUT2D eigenvalue weighted by Gasteiger charge is 2.06. The summed E-state index contributed by atoms with van der Waals surface area (Å²) in [5.74, 6) is -0.203. The van der Waals surface area contributed by atoms with Gasteiger partial charge in [0.1, 0.15) is 0 Å². The molecule has 1 unspecified atom stereocenters. The molecular formula is C16H23NO5S. The van der Waals surface area contributed by atoms with E-state index in [1.807, 2.05) is 6.92 Å². The smallest absolute Gasteiger partial charge is 0.305 e. The van der Waals surface area contributed by atoms with Crippen molar-refractivity contribution in [2.75, 3.05) is 6.61 Å². The van der Waals surface area contributed by atoms with Gasteiger partial charge in [-0.05, 0) is 38.5 Å². The van der Waals surface area contributed by atoms with Crippen molar-refractivity contribution >= 4 is 16.1 Å². The fourth-order valence-electron chi connectivity index (χ4n) is 1.46. The van der Waals surface area contributed by atoms with Crippen molar-refractivity contribution in [3.05, 3.63) is 48.2 Å². The van der Waals surface area contributed by atoms with Crippen LogP contribution in [0.5, 0.6) is 0 Å². The summed E-state index contributed by atoms with van der Waals surface area (Å²) in [6.45, 7) is 7.43. The Kier molecular flexibility index (Phi) is 9.85. The lowest BCUT2D eigenvalue weighted by molar-refractivity contribution is -0.143. The van der Waals surface area contributed by atoms with E-state index in [0.717, 1.165) is 5.56 Å². The maximum atomic E-state index is 10.8. The number of aryl methyl sites for hydroxylation is 1. The van der Waals surface area contributed by atoms with Gasteiger partial charge in [0, 0.05) is 12.5 Å². The number of carbonyl (C=O) groups is 1. The van der Waals surface area contributed by atoms with E-state index in [0.29, 0.717) is 19.4 Å². The maximum Gasteiger partial charge on any atom is 0.305 e. The van der Waals surface area contributed by atoms with Gasteiger partial charge in [-0.2, -0.15) is 8.42 Å². The minimum atomic E-state index is -4.02. The third kappa shape index (κ3) is 10.4. The summed E-state index contributed by atoms with van der Waals surface area (Å²) in [5, 5.41) is 0. The number of hydrogen-bond acceptors (Lipinski definition) is 5. The van der Waals surface area contributed by atoms with Crippen molar-refractivity contribution in [3.8, 4) is 0 Å². The predicted octanol–water partition coefficient (Wildman–Crippen LogP) is 2.24. The first kappa shape index (κ1) is 21.1. The van der Waals surface area contributed by atoms with Crippen molar-refractivity contribution < 1.29 is 22.5 Å². The van der Waals surface area contributed by atoms with Crippen LogP contribution < -0.4 is 5.73 Å². The van der Waals surface area contributed by atoms with Gasteiger partial charge in [-0.25, -0.2) is 0 Å². The summed E-state index contributed by atoms with van der Waals surface area (Å²) in [6.07, 6.45) is 2.58. The van der Waals surface area contributed by atoms with Gasteiger partial charge in [-0.1, -0.05) is 24.3 Å². The fraction of sp³-hybridized carbons (Fsp3) is 0.375. The molecule has 0 bridgehead atoms. The van der Waals surface area contributed by atoms with Gasteiger partial charge in [-0.15, -0.1) is 5.73 Å². The van der Waals surface area contributed by atoms with Gasteiger partial charge >= 0.3 is 5.97 Å². The molecule has 0 aliphatic rings. The van der Waals surface area contributed by atoms with Crippen LogP contribution >= 0.6 is 0 Å². The Labute approximate surface area is 137 Å². The highest BCUT2D eigenvalue weighted by atomic mass is 32.2. The number of benzene rings is 1. The van der Waals surface area contributed by atoms with Crippen molar-refractivity contribution in [1.29, 1.82) is 0 Å². The zero-order valence-corrected chi connectivity index (χ0v) is 14.2. The summed E-state index contributed by atoms with van der Waals surface area (Å²) in [7, 11) is -4.02. The molecule has 0 amide bonds. The lowest BCUT2D eigenvalue weighted by Gasteiger charge is -2.04. The van der Waals surface area contributed by atoms with Crippen LogP contribution in [0.3, 0.4) is 0 Å². The average Bonchev–Trinajstić information content (AvgIpc) is 2.46. The monoisotopic (exact) mass is 341 g/mol. The molecule has 0 spiro atoms. The van der Waals surface area contributed by atoms with Crippen molar-refractivity contribution in [3.63, 3.8) is 0 Å². The summed E-state index contributed by atoms with van der Waals surface area (Å²) < 4.78 is 34.3. The molecule has 0 aliphatic heterocycles. The Bertz CT molecular complexity index is 631. The van der Waals surface area contributed by atoms with Gasteiger partial charge in [0.2, 0.25) is 0 Å². The van der Waals surface area contributed by atoms with E-state index in [2.05, 4.69) is 12.3 Å². The minimum Gasteiger partial charge on any atom is -0.466 e. The van der Waals surface area contributed by atoms with Gasteiger partial charge < -0.3 is 10.5 Å². The third-order valence-electron chi connectivity index (χ3n) is 2.64. The molecule has 0 aromatic heterocycles. The van der Waals surface area contributed by atoms with Crippen molar-refractivity contribution in [2.24, 2.45) is 5.73 Å². The van der Waals surface area contributed by atoms with E-state index in [9.17, 15) is 13.2 Å². The largest absolute Gasteiger partial charge is 0.466 e. The van der Waals surface area contributed by atoms with Crippen molar-refractivity contribution in [1.82, 2.24) is 0 Å². The molecule has 1 rings (SSSR count). The Morgan fingerprint density at radius 2 is 2.00 bits per heavy atom. The first-order valence-corrected chi connectivity index (χ1v) is 8.46. The molecule has 3 N–H and O–H groups in total. The number of esters is 1. The first-order chi connectivity index (χ1) is 10.7. The zero-order valence-electron chi connectivity index (χ0n) is 13.4. The van der Waals surface area contributed by atoms with Crippen LogP contribution in [0.1, 0.15) is 25.3 Å². The van der Waals surface area contributed by atoms with Crippen LogP contribution in [0.4, 0.5) is 0 Å². The third-order valence-corrected chi connectivity index (χ3v) is 3.51. The average molecular weight is 341 g/mol. The molecule has 128 valence electrons. The van der Waals surface area contributed by atoms with E-state index in [1.165, 1.54) is 12.1 Å². The Morgan fingerprint density at radius 3 is 2.43 bits per heavy atom. The molecule has 1 aromatic carbocycles. The Hall–Kier alpha value is -1.92. The van der Waals surface area contributed by atoms with Crippen LogP contribution in [-0.4, -0.2) is 31.6 Å². The van der Waals surface area contributed by atoms with E-state index >= 15 is 0 Å². The summed E-state index contributed by atoms with van der Waals surface area (Å²) in [6, 6.07) is 5.84. The van der Waals surface area contributed by atoms with Crippen LogP contribution in [0, 0.1) is 6.92 Å². The van der Waals surface area contributed by atoms with Gasteiger partial charge in [-0.3, -0.25) is 9.35 Å². The van der Waals surface area contributed by atoms with Gasteiger partial charge in [0.15, 0.2) is 0 Å². The number of rotatable bonds is 6. The highest BCUT2D eigenvalue weighted by Crippen LogP contribution is 2.08. The first-order valence-electron chi connectivity index (χ1n) is 7.02. The predicted molar refractivity (Wildman–Crippen MR) is 88.5 cm³/mol. The van der Waals surface area contributed by atoms with Crippen LogP contribution in [-0.2, 0) is 19.6 Å². The lowest BCUT2D eigenvalue weighted by Crippen LogP contribution is -2.18. The number of ether oxygens (including phenoxy) is 1. The minimum absolute atomic E-state index is 0.0666. The zero-order chi connectivity index (χ0) is 17.9. The van der Waals surface area contributed by atoms with Gasteiger partial charge in [0.05, 0.1) is 11.5 Å². The van der Waals surface area contributed by atoms with E-state index in [1.54, 1.807) is 25.1 Å². The summed E-state index contributed by atoms with van der Waals surface area (Å²) in [5.41, 5.74) is 9.09. The van der Waals surface area contributed by atoms with Crippen LogP contribution in [0.25, 0.3) is 0 Å². The number of nitrogens with two attached hydrogens (primary N) is 1. The fourth-order valence-corrected chi connectivity index (χ4v) is 1.94. The number of hydrogen-bond donors (Lipinski definition) is 2. The molecule has 0 saturated heterocycles. The topological polar surface area (TPSA) is 107 Å². The highest BCUT2D eigenvalue weighted by molar-refractivity contribution is 7.85. The Balaban J connectivity index is 0.000000422. The van der Waals surface area contributed by atoms with Crippen LogP contribution in [0.15, 0.2) is 47.5 Å². The normalized spacial score (nSPS) is 11.5. The molecule has 1 atom stereocenters. The quantitative estimate of drug-likeness (QED) is 0.467. The van der Waals surface area contributed by atoms with Crippen molar-refractivity contribution in [2.45, 2.75) is 37.6 Å². The summed E-state index contributed by atoms with van der Waals surface area (Å²) >= 11 is 0. The second-order valence-corrected chi connectivity index (χ2v) is 6.09. The second-order valence-electron chi connectivity index (χ2n) is 4.67. The molecule has 0 heterocycles. The molecule has 1 aromatic rings. The lowest BCUT2D eigenvalue weighted by atomic mass is 10.2. The SMILES string of the molecule is C=C=CC(N)CCC(=O)OCC.Cc1ccc(S(=O)(=O)O)cc1. The van der Waals surface area contributed by atoms with E-state index < -0.39 is 10.1 Å². The van der Waals surface area contributed by atoms with E-state index in [-0.39, 0.29) is 16.9 Å². The standard InChI is InChI=1S/C9H15NO2.C7H8O3S/c1-3-5-8(10)6-7-9(11)12-4-2;1-6-2-4-7(5-3-6)11(8,9)10/h5,8H,1,4,6-7,10H2,2H3;2-5H,1H3,(H,8,9,10). The number of carbonyl (C=O) groups excluding carboxylic acids is 1. The van der Waals surface area contributed by atoms with Crippen LogP contribution in [0.2, 0.25) is 0 Å². The maximum absolute atomic E-state index is 10.8. The molecule has 6 nitrogen and oxygen atoms in total. The molecule has 23 heavy (non-hydrogen) atoms. The molecule has 0 radical (unpaired) electrons. The molecule has 7 heteroatoms. The van der Waals surface area contributed by atoms with Gasteiger partial charge in [0.25, 0.3) is 10.1 Å². The molecular weight excluding hydrogens is 318 g/mol. The molecule has 0 saturated carbocycles. The van der Waals surface area contributed by atoms with E-state index in [4.69, 9.17) is 15.0 Å². The molecule has 0 aliphatic carbocycles.